The predicted octanol–water partition coefficient (Wildman–Crippen LogP) is 5.96. The molecule has 2 aliphatic heterocycles. The fraction of sp³-hybridized carbons (Fsp3) is 0.515. The van der Waals surface area contributed by atoms with E-state index in [1.807, 2.05) is 41.3 Å². The van der Waals surface area contributed by atoms with E-state index in [-0.39, 0.29) is 34.8 Å². The fourth-order valence-corrected chi connectivity index (χ4v) is 8.15. The summed E-state index contributed by atoms with van der Waals surface area (Å²) in [5, 5.41) is 3.44. The molecule has 214 valence electrons. The van der Waals surface area contributed by atoms with Gasteiger partial charge in [0.1, 0.15) is 5.82 Å². The van der Waals surface area contributed by atoms with Crippen molar-refractivity contribution < 1.29 is 14.0 Å². The van der Waals surface area contributed by atoms with Crippen LogP contribution in [0.15, 0.2) is 59.5 Å². The highest BCUT2D eigenvalue weighted by Crippen LogP contribution is 2.44. The Labute approximate surface area is 242 Å². The summed E-state index contributed by atoms with van der Waals surface area (Å²) in [7, 11) is 0. The molecule has 2 amide bonds. The third-order valence-corrected chi connectivity index (χ3v) is 9.93. The third kappa shape index (κ3) is 7.35. The van der Waals surface area contributed by atoms with Crippen molar-refractivity contribution in [3.8, 4) is 0 Å². The Bertz CT molecular complexity index is 1180. The summed E-state index contributed by atoms with van der Waals surface area (Å²) in [4.78, 5) is 32.2. The second kappa shape index (κ2) is 13.3. The van der Waals surface area contributed by atoms with Crippen LogP contribution in [0, 0.1) is 23.6 Å². The molecule has 0 aromatic heterocycles. The number of carbonyl (C=O) groups excluding carboxylic acids is 2. The summed E-state index contributed by atoms with van der Waals surface area (Å²) in [5.74, 6) is 1.20. The first-order valence-corrected chi connectivity index (χ1v) is 15.7. The molecule has 3 aliphatic rings. The van der Waals surface area contributed by atoms with E-state index in [9.17, 15) is 14.0 Å². The number of hydrogen-bond acceptors (Lipinski definition) is 4. The molecule has 1 aliphatic carbocycles. The minimum absolute atomic E-state index is 0.00882. The largest absolute Gasteiger partial charge is 0.356 e. The Balaban J connectivity index is 1.23. The number of halogens is 1. The number of rotatable bonds is 8. The summed E-state index contributed by atoms with van der Waals surface area (Å²) in [5.41, 5.74) is 1.90. The van der Waals surface area contributed by atoms with Crippen LogP contribution in [0.3, 0.4) is 0 Å². The maximum absolute atomic E-state index is 13.8. The Morgan fingerprint density at radius 1 is 1.02 bits per heavy atom. The monoisotopic (exact) mass is 563 g/mol. The van der Waals surface area contributed by atoms with Crippen molar-refractivity contribution in [1.82, 2.24) is 15.1 Å². The molecule has 2 heterocycles. The lowest BCUT2D eigenvalue weighted by Gasteiger charge is -2.46. The van der Waals surface area contributed by atoms with Gasteiger partial charge in [-0.1, -0.05) is 56.3 Å². The quantitative estimate of drug-likeness (QED) is 0.318. The first-order valence-electron chi connectivity index (χ1n) is 14.8. The molecule has 7 heteroatoms. The Hall–Kier alpha value is -2.64. The Morgan fingerprint density at radius 3 is 2.48 bits per heavy atom. The number of benzene rings is 2. The molecule has 5 rings (SSSR count). The molecule has 2 saturated heterocycles. The number of likely N-dealkylation sites (tertiary alicyclic amines) is 1. The maximum Gasteiger partial charge on any atom is 0.260 e. The summed E-state index contributed by atoms with van der Waals surface area (Å²) < 4.78 is 13.6. The van der Waals surface area contributed by atoms with Gasteiger partial charge in [0.2, 0.25) is 5.91 Å². The Kier molecular flexibility index (Phi) is 9.63. The van der Waals surface area contributed by atoms with Crippen molar-refractivity contribution in [2.24, 2.45) is 17.8 Å². The molecule has 5 atom stereocenters. The molecule has 0 spiro atoms. The van der Waals surface area contributed by atoms with E-state index >= 15 is 0 Å². The molecule has 0 radical (unpaired) electrons. The molecule has 5 nitrogen and oxygen atoms in total. The van der Waals surface area contributed by atoms with E-state index < -0.39 is 0 Å². The third-order valence-electron chi connectivity index (χ3n) is 8.53. The number of nitrogens with zero attached hydrogens (tertiary/aromatic N) is 2. The van der Waals surface area contributed by atoms with Crippen LogP contribution in [0.5, 0.6) is 0 Å². The van der Waals surface area contributed by atoms with Crippen molar-refractivity contribution in [3.63, 3.8) is 0 Å². The van der Waals surface area contributed by atoms with Crippen LogP contribution in [-0.4, -0.2) is 59.1 Å². The van der Waals surface area contributed by atoms with Crippen LogP contribution >= 0.6 is 11.8 Å². The molecule has 5 unspecified atom stereocenters. The highest BCUT2D eigenvalue weighted by atomic mass is 32.2. The molecular formula is C33H42FN3O2S. The van der Waals surface area contributed by atoms with Gasteiger partial charge in [0, 0.05) is 43.4 Å². The molecule has 1 N–H and O–H groups in total. The zero-order chi connectivity index (χ0) is 28.1. The van der Waals surface area contributed by atoms with Gasteiger partial charge in [-0.15, -0.1) is 11.8 Å². The first-order chi connectivity index (χ1) is 19.4. The van der Waals surface area contributed by atoms with Gasteiger partial charge < -0.3 is 15.1 Å². The van der Waals surface area contributed by atoms with Crippen molar-refractivity contribution in [2.45, 2.75) is 63.8 Å². The van der Waals surface area contributed by atoms with E-state index in [4.69, 9.17) is 0 Å². The SMILES string of the molecule is CC1CC(C)CN(CCCNC(=O)C2CCC3S/C(=C\c4ccccc4)C(=O)N(Cc4ccc(F)cc4)C3C2)C1. The van der Waals surface area contributed by atoms with E-state index in [1.54, 1.807) is 23.9 Å². The lowest BCUT2D eigenvalue weighted by Crippen LogP contribution is -2.53. The zero-order valence-electron chi connectivity index (χ0n) is 23.7. The van der Waals surface area contributed by atoms with Crippen LogP contribution in [0.2, 0.25) is 0 Å². The summed E-state index contributed by atoms with van der Waals surface area (Å²) in [6.07, 6.45) is 6.62. The van der Waals surface area contributed by atoms with Crippen LogP contribution in [-0.2, 0) is 16.1 Å². The number of amides is 2. The summed E-state index contributed by atoms with van der Waals surface area (Å²) >= 11 is 1.66. The smallest absolute Gasteiger partial charge is 0.260 e. The fourth-order valence-electron chi connectivity index (χ4n) is 6.73. The normalized spacial score (nSPS) is 28.4. The van der Waals surface area contributed by atoms with Gasteiger partial charge in [0.05, 0.1) is 4.91 Å². The van der Waals surface area contributed by atoms with Crippen LogP contribution < -0.4 is 5.32 Å². The van der Waals surface area contributed by atoms with Gasteiger partial charge in [-0.05, 0) is 79.8 Å². The maximum atomic E-state index is 13.8. The molecule has 40 heavy (non-hydrogen) atoms. The van der Waals surface area contributed by atoms with Gasteiger partial charge in [-0.3, -0.25) is 9.59 Å². The number of fused-ring (bicyclic) bond motifs is 1. The number of thioether (sulfide) groups is 1. The number of piperidine rings is 1. The van der Waals surface area contributed by atoms with Crippen molar-refractivity contribution in [3.05, 3.63) is 76.4 Å². The van der Waals surface area contributed by atoms with Gasteiger partial charge in [0.15, 0.2) is 0 Å². The van der Waals surface area contributed by atoms with E-state index in [0.717, 1.165) is 66.8 Å². The molecule has 2 aromatic rings. The Morgan fingerprint density at radius 2 is 1.75 bits per heavy atom. The van der Waals surface area contributed by atoms with E-state index in [1.165, 1.54) is 18.6 Å². The lowest BCUT2D eigenvalue weighted by molar-refractivity contribution is -0.133. The standard InChI is InChI=1S/C33H42FN3O2S/c1-23-17-24(2)21-36(20-23)16-6-15-35-32(38)27-11-14-30-29(19-27)37(22-26-9-12-28(34)13-10-26)33(39)31(40-30)18-25-7-4-3-5-8-25/h3-5,7-10,12-13,18,23-24,27,29-30H,6,11,14-17,19-22H2,1-2H3,(H,35,38)/b31-18-. The number of hydrogen-bond donors (Lipinski definition) is 1. The highest BCUT2D eigenvalue weighted by molar-refractivity contribution is 8.04. The van der Waals surface area contributed by atoms with Crippen molar-refractivity contribution in [2.75, 3.05) is 26.2 Å². The lowest BCUT2D eigenvalue weighted by atomic mass is 9.83. The van der Waals surface area contributed by atoms with Gasteiger partial charge in [0.25, 0.3) is 5.91 Å². The summed E-state index contributed by atoms with van der Waals surface area (Å²) in [6.45, 7) is 9.09. The van der Waals surface area contributed by atoms with Gasteiger partial charge >= 0.3 is 0 Å². The zero-order valence-corrected chi connectivity index (χ0v) is 24.5. The number of nitrogens with one attached hydrogen (secondary N) is 1. The van der Waals surface area contributed by atoms with Crippen LogP contribution in [0.25, 0.3) is 6.08 Å². The first kappa shape index (κ1) is 28.9. The van der Waals surface area contributed by atoms with Crippen LogP contribution in [0.1, 0.15) is 57.1 Å². The second-order valence-corrected chi connectivity index (χ2v) is 13.3. The van der Waals surface area contributed by atoms with Crippen molar-refractivity contribution >= 4 is 29.7 Å². The highest BCUT2D eigenvalue weighted by Gasteiger charge is 2.44. The van der Waals surface area contributed by atoms with Gasteiger partial charge in [-0.2, -0.15) is 0 Å². The van der Waals surface area contributed by atoms with Crippen LogP contribution in [0.4, 0.5) is 4.39 Å². The summed E-state index contributed by atoms with van der Waals surface area (Å²) in [6, 6.07) is 16.3. The average molecular weight is 564 g/mol. The van der Waals surface area contributed by atoms with Crippen molar-refractivity contribution in [1.29, 1.82) is 0 Å². The number of carbonyl (C=O) groups is 2. The predicted molar refractivity (Wildman–Crippen MR) is 161 cm³/mol. The molecular weight excluding hydrogens is 521 g/mol. The minimum Gasteiger partial charge on any atom is -0.356 e. The average Bonchev–Trinajstić information content (AvgIpc) is 2.94. The molecule has 2 aromatic carbocycles. The molecule has 3 fully saturated rings. The molecule has 1 saturated carbocycles. The second-order valence-electron chi connectivity index (χ2n) is 12.1. The topological polar surface area (TPSA) is 52.7 Å². The minimum atomic E-state index is -0.287. The molecule has 0 bridgehead atoms. The van der Waals surface area contributed by atoms with Gasteiger partial charge in [-0.25, -0.2) is 4.39 Å². The van der Waals surface area contributed by atoms with E-state index in [0.29, 0.717) is 19.5 Å². The van der Waals surface area contributed by atoms with E-state index in [2.05, 4.69) is 24.1 Å².